The smallest absolute Gasteiger partial charge is 0.389 e. The molecule has 3 aromatic rings. The van der Waals surface area contributed by atoms with Gasteiger partial charge >= 0.3 is 11.9 Å². The molecule has 0 bridgehead atoms. The SMILES string of the molecule is CC(CO)c1cccc(-c2ccc3c(n2)n(C)c(=O)n3CCCC(F)(F)F)c1. The molecule has 0 spiro atoms. The molecule has 1 aromatic carbocycles. The largest absolute Gasteiger partial charge is 0.396 e. The maximum atomic E-state index is 12.5. The minimum absolute atomic E-state index is 0.0113. The lowest BCUT2D eigenvalue weighted by Gasteiger charge is -2.10. The summed E-state index contributed by atoms with van der Waals surface area (Å²) in [5.74, 6) is -0.0113. The van der Waals surface area contributed by atoms with Gasteiger partial charge in [-0.05, 0) is 30.2 Å². The van der Waals surface area contributed by atoms with Gasteiger partial charge in [-0.2, -0.15) is 13.2 Å². The van der Waals surface area contributed by atoms with Crippen LogP contribution >= 0.6 is 0 Å². The van der Waals surface area contributed by atoms with Gasteiger partial charge < -0.3 is 5.11 Å². The van der Waals surface area contributed by atoms with Gasteiger partial charge in [-0.1, -0.05) is 25.1 Å². The number of aryl methyl sites for hydroxylation is 2. The average Bonchev–Trinajstić information content (AvgIpc) is 2.91. The zero-order valence-corrected chi connectivity index (χ0v) is 15.7. The Bertz CT molecular complexity index is 1040. The molecule has 2 aromatic heterocycles. The van der Waals surface area contributed by atoms with E-state index < -0.39 is 12.6 Å². The number of aliphatic hydroxyl groups is 1. The van der Waals surface area contributed by atoms with Crippen molar-refractivity contribution in [3.63, 3.8) is 0 Å². The van der Waals surface area contributed by atoms with Crippen molar-refractivity contribution in [2.75, 3.05) is 6.61 Å². The Morgan fingerprint density at radius 1 is 1.21 bits per heavy atom. The highest BCUT2D eigenvalue weighted by Gasteiger charge is 2.26. The van der Waals surface area contributed by atoms with E-state index >= 15 is 0 Å². The molecule has 0 aliphatic heterocycles. The fourth-order valence-corrected chi connectivity index (χ4v) is 3.20. The van der Waals surface area contributed by atoms with Crippen LogP contribution in [-0.2, 0) is 13.6 Å². The van der Waals surface area contributed by atoms with Gasteiger partial charge in [0.05, 0.1) is 11.2 Å². The molecule has 0 aliphatic rings. The molecular formula is C20H22F3N3O2. The number of alkyl halides is 3. The van der Waals surface area contributed by atoms with Crippen molar-refractivity contribution >= 4 is 11.2 Å². The fourth-order valence-electron chi connectivity index (χ4n) is 3.20. The number of imidazole rings is 1. The van der Waals surface area contributed by atoms with Crippen molar-refractivity contribution < 1.29 is 18.3 Å². The van der Waals surface area contributed by atoms with Gasteiger partial charge in [0.1, 0.15) is 0 Å². The van der Waals surface area contributed by atoms with E-state index in [0.29, 0.717) is 16.9 Å². The monoisotopic (exact) mass is 393 g/mol. The van der Waals surface area contributed by atoms with Gasteiger partial charge in [0.15, 0.2) is 5.65 Å². The van der Waals surface area contributed by atoms with Crippen molar-refractivity contribution in [1.29, 1.82) is 0 Å². The third kappa shape index (κ3) is 4.11. The molecule has 8 heteroatoms. The first-order valence-corrected chi connectivity index (χ1v) is 9.05. The van der Waals surface area contributed by atoms with Crippen molar-refractivity contribution in [2.45, 2.75) is 38.4 Å². The van der Waals surface area contributed by atoms with Crippen LogP contribution in [0.2, 0.25) is 0 Å². The lowest BCUT2D eigenvalue weighted by Crippen LogP contribution is -2.23. The maximum Gasteiger partial charge on any atom is 0.389 e. The minimum Gasteiger partial charge on any atom is -0.396 e. The second-order valence-electron chi connectivity index (χ2n) is 6.96. The molecule has 5 nitrogen and oxygen atoms in total. The predicted molar refractivity (Wildman–Crippen MR) is 101 cm³/mol. The lowest BCUT2D eigenvalue weighted by molar-refractivity contribution is -0.135. The van der Waals surface area contributed by atoms with E-state index in [9.17, 15) is 23.1 Å². The maximum absolute atomic E-state index is 12.5. The zero-order chi connectivity index (χ0) is 20.5. The van der Waals surface area contributed by atoms with Crippen molar-refractivity contribution in [3.05, 3.63) is 52.4 Å². The number of nitrogens with zero attached hydrogens (tertiary/aromatic N) is 3. The van der Waals surface area contributed by atoms with Crippen LogP contribution < -0.4 is 5.69 Å². The third-order valence-electron chi connectivity index (χ3n) is 4.85. The van der Waals surface area contributed by atoms with E-state index in [1.54, 1.807) is 19.2 Å². The molecule has 2 heterocycles. The second kappa shape index (κ2) is 7.79. The van der Waals surface area contributed by atoms with E-state index in [0.717, 1.165) is 11.1 Å². The Morgan fingerprint density at radius 2 is 1.96 bits per heavy atom. The second-order valence-corrected chi connectivity index (χ2v) is 6.96. The van der Waals surface area contributed by atoms with Crippen LogP contribution in [-0.4, -0.2) is 32.0 Å². The summed E-state index contributed by atoms with van der Waals surface area (Å²) in [5.41, 5.74) is 3.03. The van der Waals surface area contributed by atoms with Gasteiger partial charge in [0, 0.05) is 38.1 Å². The van der Waals surface area contributed by atoms with E-state index in [1.165, 1.54) is 9.13 Å². The Balaban J connectivity index is 1.97. The molecule has 0 radical (unpaired) electrons. The van der Waals surface area contributed by atoms with E-state index in [2.05, 4.69) is 4.98 Å². The normalized spacial score (nSPS) is 13.2. The third-order valence-corrected chi connectivity index (χ3v) is 4.85. The first-order chi connectivity index (χ1) is 13.2. The predicted octanol–water partition coefficient (Wildman–Crippen LogP) is 3.84. The molecule has 150 valence electrons. The average molecular weight is 393 g/mol. The van der Waals surface area contributed by atoms with Gasteiger partial charge in [0.25, 0.3) is 0 Å². The molecule has 3 rings (SSSR count). The van der Waals surface area contributed by atoms with Gasteiger partial charge in [-0.25, -0.2) is 9.78 Å². The van der Waals surface area contributed by atoms with E-state index in [-0.39, 0.29) is 31.2 Å². The Kier molecular flexibility index (Phi) is 5.60. The van der Waals surface area contributed by atoms with Crippen molar-refractivity contribution in [2.24, 2.45) is 7.05 Å². The number of benzene rings is 1. The number of halogens is 3. The topological polar surface area (TPSA) is 60.1 Å². The lowest BCUT2D eigenvalue weighted by atomic mass is 9.98. The number of pyridine rings is 1. The molecule has 0 fully saturated rings. The summed E-state index contributed by atoms with van der Waals surface area (Å²) in [7, 11) is 1.56. The van der Waals surface area contributed by atoms with Crippen LogP contribution in [0.15, 0.2) is 41.2 Å². The summed E-state index contributed by atoms with van der Waals surface area (Å²) in [6.07, 6.45) is -5.33. The number of aromatic nitrogens is 3. The van der Waals surface area contributed by atoms with Gasteiger partial charge in [0.2, 0.25) is 0 Å². The Hall–Kier alpha value is -2.61. The summed E-state index contributed by atoms with van der Waals surface area (Å²) in [5, 5.41) is 9.35. The van der Waals surface area contributed by atoms with Crippen molar-refractivity contribution in [1.82, 2.24) is 14.1 Å². The fraction of sp³-hybridized carbons (Fsp3) is 0.400. The molecule has 28 heavy (non-hydrogen) atoms. The van der Waals surface area contributed by atoms with Crippen LogP contribution in [0.3, 0.4) is 0 Å². The Labute approximate surface area is 160 Å². The quantitative estimate of drug-likeness (QED) is 0.692. The molecule has 1 atom stereocenters. The van der Waals surface area contributed by atoms with Crippen LogP contribution in [0.25, 0.3) is 22.4 Å². The highest BCUT2D eigenvalue weighted by molar-refractivity contribution is 5.76. The van der Waals surface area contributed by atoms with Gasteiger partial charge in [-0.15, -0.1) is 0 Å². The zero-order valence-electron chi connectivity index (χ0n) is 15.7. The van der Waals surface area contributed by atoms with Crippen LogP contribution in [0, 0.1) is 0 Å². The number of hydrogen-bond donors (Lipinski definition) is 1. The molecule has 0 saturated heterocycles. The summed E-state index contributed by atoms with van der Waals surface area (Å²) in [6, 6.07) is 11.1. The van der Waals surface area contributed by atoms with Crippen molar-refractivity contribution in [3.8, 4) is 11.3 Å². The number of fused-ring (bicyclic) bond motifs is 1. The Morgan fingerprint density at radius 3 is 2.64 bits per heavy atom. The first kappa shape index (κ1) is 20.1. The minimum atomic E-state index is -4.24. The summed E-state index contributed by atoms with van der Waals surface area (Å²) >= 11 is 0. The summed E-state index contributed by atoms with van der Waals surface area (Å²) in [4.78, 5) is 17.0. The summed E-state index contributed by atoms with van der Waals surface area (Å²) < 4.78 is 39.9. The number of aliphatic hydroxyl groups excluding tert-OH is 1. The molecular weight excluding hydrogens is 371 g/mol. The summed E-state index contributed by atoms with van der Waals surface area (Å²) in [6.45, 7) is 1.94. The molecule has 1 N–H and O–H groups in total. The van der Waals surface area contributed by atoms with E-state index in [1.807, 2.05) is 31.2 Å². The molecule has 0 aliphatic carbocycles. The standard InChI is InChI=1S/C20H22F3N3O2/c1-13(12-27)14-5-3-6-15(11-14)16-7-8-17-18(24-16)25(2)19(28)26(17)10-4-9-20(21,22)23/h3,5-8,11,13,27H,4,9-10,12H2,1-2H3. The molecule has 0 saturated carbocycles. The molecule has 1 unspecified atom stereocenters. The van der Waals surface area contributed by atoms with Crippen LogP contribution in [0.5, 0.6) is 0 Å². The van der Waals surface area contributed by atoms with Crippen LogP contribution in [0.4, 0.5) is 13.2 Å². The highest BCUT2D eigenvalue weighted by atomic mass is 19.4. The number of rotatable bonds is 6. The van der Waals surface area contributed by atoms with Gasteiger partial charge in [-0.3, -0.25) is 9.13 Å². The molecule has 0 amide bonds. The van der Waals surface area contributed by atoms with E-state index in [4.69, 9.17) is 0 Å². The van der Waals surface area contributed by atoms with Crippen LogP contribution in [0.1, 0.15) is 31.2 Å². The number of hydrogen-bond acceptors (Lipinski definition) is 3. The first-order valence-electron chi connectivity index (χ1n) is 9.05. The highest BCUT2D eigenvalue weighted by Crippen LogP contribution is 2.25.